The van der Waals surface area contributed by atoms with Gasteiger partial charge in [0.15, 0.2) is 0 Å². The number of amides is 1. The number of rotatable bonds is 6. The first kappa shape index (κ1) is 18.0. The van der Waals surface area contributed by atoms with Gasteiger partial charge in [-0.3, -0.25) is 4.79 Å². The van der Waals surface area contributed by atoms with Gasteiger partial charge in [-0.15, -0.1) is 0 Å². The van der Waals surface area contributed by atoms with Gasteiger partial charge in [-0.2, -0.15) is 0 Å². The molecule has 0 aliphatic heterocycles. The largest absolute Gasteiger partial charge is 0.361 e. The van der Waals surface area contributed by atoms with Crippen molar-refractivity contribution in [1.82, 2.24) is 10.5 Å². The SMILES string of the molecule is CCCCc1cc(CC2CC(NC(=O)C(C)(C)C)C2(C)C)no1. The number of hydrogen-bond acceptors (Lipinski definition) is 3. The lowest BCUT2D eigenvalue weighted by atomic mass is 9.57. The molecule has 1 heterocycles. The Bertz CT molecular complexity index is 540. The molecule has 130 valence electrons. The third-order valence-electron chi connectivity index (χ3n) is 5.30. The third kappa shape index (κ3) is 4.15. The van der Waals surface area contributed by atoms with Gasteiger partial charge in [0.05, 0.1) is 5.69 Å². The lowest BCUT2D eigenvalue weighted by molar-refractivity contribution is -0.133. The number of nitrogens with zero attached hydrogens (tertiary/aromatic N) is 1. The Morgan fingerprint density at radius 2 is 2.13 bits per heavy atom. The van der Waals surface area contributed by atoms with Gasteiger partial charge >= 0.3 is 0 Å². The van der Waals surface area contributed by atoms with Crippen LogP contribution in [0.1, 0.15) is 72.3 Å². The summed E-state index contributed by atoms with van der Waals surface area (Å²) in [6.45, 7) is 12.5. The zero-order valence-electron chi connectivity index (χ0n) is 15.5. The Kier molecular flexibility index (Phi) is 5.22. The molecule has 4 heteroatoms. The summed E-state index contributed by atoms with van der Waals surface area (Å²) in [5.74, 6) is 1.67. The van der Waals surface area contributed by atoms with E-state index in [2.05, 4.69) is 37.3 Å². The molecule has 1 aromatic rings. The van der Waals surface area contributed by atoms with Crippen LogP contribution in [0.2, 0.25) is 0 Å². The molecule has 1 aromatic heterocycles. The summed E-state index contributed by atoms with van der Waals surface area (Å²) in [5.41, 5.74) is 0.819. The van der Waals surface area contributed by atoms with E-state index in [0.717, 1.165) is 37.1 Å². The molecule has 0 saturated heterocycles. The standard InChI is InChI=1S/C19H32N2O2/c1-7-8-9-15-12-14(21-23-15)10-13-11-16(19(13,5)6)20-17(22)18(2,3)4/h12-13,16H,7-11H2,1-6H3,(H,20,22). The van der Waals surface area contributed by atoms with E-state index in [1.165, 1.54) is 6.42 Å². The fourth-order valence-electron chi connectivity index (χ4n) is 3.16. The second-order valence-electron chi connectivity index (χ2n) is 8.62. The smallest absolute Gasteiger partial charge is 0.225 e. The van der Waals surface area contributed by atoms with Crippen molar-refractivity contribution in [3.63, 3.8) is 0 Å². The van der Waals surface area contributed by atoms with Crippen LogP contribution in [0, 0.1) is 16.7 Å². The highest BCUT2D eigenvalue weighted by molar-refractivity contribution is 5.81. The fraction of sp³-hybridized carbons (Fsp3) is 0.789. The number of unbranched alkanes of at least 4 members (excludes halogenated alkanes) is 1. The normalized spacial score (nSPS) is 23.4. The van der Waals surface area contributed by atoms with Gasteiger partial charge in [0.2, 0.25) is 5.91 Å². The lowest BCUT2D eigenvalue weighted by Crippen LogP contribution is -2.60. The zero-order chi connectivity index (χ0) is 17.3. The average Bonchev–Trinajstić information content (AvgIpc) is 2.90. The second kappa shape index (κ2) is 6.66. The molecule has 0 bridgehead atoms. The highest BCUT2D eigenvalue weighted by atomic mass is 16.5. The molecular weight excluding hydrogens is 288 g/mol. The molecule has 1 amide bonds. The predicted molar refractivity (Wildman–Crippen MR) is 92.1 cm³/mol. The van der Waals surface area contributed by atoms with Gasteiger partial charge in [0.25, 0.3) is 0 Å². The molecule has 0 aromatic carbocycles. The molecule has 0 spiro atoms. The van der Waals surface area contributed by atoms with Crippen molar-refractivity contribution in [2.24, 2.45) is 16.7 Å². The second-order valence-corrected chi connectivity index (χ2v) is 8.62. The fourth-order valence-corrected chi connectivity index (χ4v) is 3.16. The van der Waals surface area contributed by atoms with E-state index in [0.29, 0.717) is 5.92 Å². The number of nitrogens with one attached hydrogen (secondary N) is 1. The first-order valence-corrected chi connectivity index (χ1v) is 8.90. The van der Waals surface area contributed by atoms with E-state index >= 15 is 0 Å². The predicted octanol–water partition coefficient (Wildman–Crippen LogP) is 4.14. The number of hydrogen-bond donors (Lipinski definition) is 1. The topological polar surface area (TPSA) is 55.1 Å². The van der Waals surface area contributed by atoms with Crippen LogP contribution in [0.15, 0.2) is 10.6 Å². The summed E-state index contributed by atoms with van der Waals surface area (Å²) in [4.78, 5) is 12.2. The minimum atomic E-state index is -0.332. The Morgan fingerprint density at radius 1 is 1.43 bits per heavy atom. The lowest BCUT2D eigenvalue weighted by Gasteiger charge is -2.52. The molecule has 2 unspecified atom stereocenters. The van der Waals surface area contributed by atoms with Crippen LogP contribution in [-0.4, -0.2) is 17.1 Å². The zero-order valence-corrected chi connectivity index (χ0v) is 15.5. The minimum absolute atomic E-state index is 0.101. The molecule has 1 aliphatic rings. The van der Waals surface area contributed by atoms with Crippen molar-refractivity contribution in [3.8, 4) is 0 Å². The van der Waals surface area contributed by atoms with Crippen molar-refractivity contribution in [3.05, 3.63) is 17.5 Å². The molecule has 1 N–H and O–H groups in total. The van der Waals surface area contributed by atoms with E-state index in [9.17, 15) is 4.79 Å². The molecule has 23 heavy (non-hydrogen) atoms. The monoisotopic (exact) mass is 320 g/mol. The average molecular weight is 320 g/mol. The molecule has 1 saturated carbocycles. The van der Waals surface area contributed by atoms with Crippen LogP contribution in [0.25, 0.3) is 0 Å². The number of carbonyl (C=O) groups is 1. The van der Waals surface area contributed by atoms with Crippen LogP contribution >= 0.6 is 0 Å². The Labute approximate surface area is 140 Å². The van der Waals surface area contributed by atoms with Crippen molar-refractivity contribution in [2.75, 3.05) is 0 Å². The van der Waals surface area contributed by atoms with E-state index in [4.69, 9.17) is 4.52 Å². The van der Waals surface area contributed by atoms with Crippen LogP contribution in [0.5, 0.6) is 0 Å². The maximum Gasteiger partial charge on any atom is 0.225 e. The first-order valence-electron chi connectivity index (χ1n) is 8.90. The summed E-state index contributed by atoms with van der Waals surface area (Å²) in [6, 6.07) is 2.36. The van der Waals surface area contributed by atoms with Gasteiger partial charge in [0, 0.05) is 23.9 Å². The minimum Gasteiger partial charge on any atom is -0.361 e. The summed E-state index contributed by atoms with van der Waals surface area (Å²) in [6.07, 6.45) is 5.24. The van der Waals surface area contributed by atoms with Gasteiger partial charge in [-0.1, -0.05) is 53.1 Å². The Hall–Kier alpha value is -1.32. The van der Waals surface area contributed by atoms with Gasteiger partial charge < -0.3 is 9.84 Å². The molecule has 4 nitrogen and oxygen atoms in total. The summed E-state index contributed by atoms with van der Waals surface area (Å²) in [5, 5.41) is 7.43. The van der Waals surface area contributed by atoms with Gasteiger partial charge in [-0.25, -0.2) is 0 Å². The van der Waals surface area contributed by atoms with Crippen molar-refractivity contribution >= 4 is 5.91 Å². The summed E-state index contributed by atoms with van der Waals surface area (Å²) < 4.78 is 5.42. The Balaban J connectivity index is 1.89. The molecule has 2 rings (SSSR count). The highest BCUT2D eigenvalue weighted by Crippen LogP contribution is 2.48. The van der Waals surface area contributed by atoms with E-state index in [-0.39, 0.29) is 22.8 Å². The van der Waals surface area contributed by atoms with E-state index in [1.54, 1.807) is 0 Å². The van der Waals surface area contributed by atoms with Gasteiger partial charge in [0.1, 0.15) is 5.76 Å². The van der Waals surface area contributed by atoms with Crippen LogP contribution < -0.4 is 5.32 Å². The van der Waals surface area contributed by atoms with Gasteiger partial charge in [-0.05, 0) is 30.6 Å². The number of aryl methyl sites for hydroxylation is 1. The van der Waals surface area contributed by atoms with Crippen molar-refractivity contribution in [2.45, 2.75) is 79.7 Å². The van der Waals surface area contributed by atoms with E-state index < -0.39 is 0 Å². The van der Waals surface area contributed by atoms with Crippen LogP contribution in [0.3, 0.4) is 0 Å². The van der Waals surface area contributed by atoms with E-state index in [1.807, 2.05) is 20.8 Å². The maximum absolute atomic E-state index is 12.2. The molecule has 1 aliphatic carbocycles. The van der Waals surface area contributed by atoms with Crippen LogP contribution in [-0.2, 0) is 17.6 Å². The Morgan fingerprint density at radius 3 is 2.70 bits per heavy atom. The first-order chi connectivity index (χ1) is 10.6. The molecule has 1 fully saturated rings. The van der Waals surface area contributed by atoms with Crippen molar-refractivity contribution < 1.29 is 9.32 Å². The molecule has 2 atom stereocenters. The number of carbonyl (C=O) groups excluding carboxylic acids is 1. The molecular formula is C19H32N2O2. The van der Waals surface area contributed by atoms with Crippen LogP contribution in [0.4, 0.5) is 0 Å². The highest BCUT2D eigenvalue weighted by Gasteiger charge is 2.49. The van der Waals surface area contributed by atoms with Crippen molar-refractivity contribution in [1.29, 1.82) is 0 Å². The summed E-state index contributed by atoms with van der Waals surface area (Å²) in [7, 11) is 0. The quantitative estimate of drug-likeness (QED) is 0.857. The number of aromatic nitrogens is 1. The summed E-state index contributed by atoms with van der Waals surface area (Å²) >= 11 is 0. The third-order valence-corrected chi connectivity index (χ3v) is 5.30. The maximum atomic E-state index is 12.2. The molecule has 0 radical (unpaired) electrons.